The van der Waals surface area contributed by atoms with Crippen LogP contribution >= 0.6 is 0 Å². The van der Waals surface area contributed by atoms with Gasteiger partial charge in [-0.1, -0.05) is 12.2 Å². The molecule has 3 rings (SSSR count). The summed E-state index contributed by atoms with van der Waals surface area (Å²) in [6, 6.07) is 0. The average molecular weight is 279 g/mol. The SMILES string of the molecule is CC1(NC(=O)C2C3C=CC(C3)C2C(=O)O)CCCOC1. The van der Waals surface area contributed by atoms with Gasteiger partial charge in [0.05, 0.1) is 24.0 Å². The number of rotatable bonds is 3. The molecule has 5 nitrogen and oxygen atoms in total. The zero-order valence-corrected chi connectivity index (χ0v) is 11.7. The molecule has 3 aliphatic rings. The van der Waals surface area contributed by atoms with Crippen LogP contribution in [0.4, 0.5) is 0 Å². The van der Waals surface area contributed by atoms with Gasteiger partial charge >= 0.3 is 5.97 Å². The topological polar surface area (TPSA) is 75.6 Å². The molecular formula is C15H21NO4. The third-order valence-corrected chi connectivity index (χ3v) is 4.91. The van der Waals surface area contributed by atoms with Crippen molar-refractivity contribution in [3.8, 4) is 0 Å². The van der Waals surface area contributed by atoms with E-state index in [1.165, 1.54) is 0 Å². The van der Waals surface area contributed by atoms with Crippen molar-refractivity contribution in [2.24, 2.45) is 23.7 Å². The Hall–Kier alpha value is -1.36. The van der Waals surface area contributed by atoms with E-state index in [4.69, 9.17) is 4.74 Å². The molecule has 1 saturated heterocycles. The number of ether oxygens (including phenoxy) is 1. The standard InChI is InChI=1S/C15H21NO4/c1-15(5-2-6-20-8-15)16-13(17)11-9-3-4-10(7-9)12(11)14(18)19/h3-4,9-12H,2,5-8H2,1H3,(H,16,17)(H,18,19). The molecule has 1 aliphatic heterocycles. The largest absolute Gasteiger partial charge is 0.481 e. The van der Waals surface area contributed by atoms with Crippen LogP contribution in [0.3, 0.4) is 0 Å². The lowest BCUT2D eigenvalue weighted by atomic mass is 9.81. The highest BCUT2D eigenvalue weighted by molar-refractivity contribution is 5.87. The second-order valence-corrected chi connectivity index (χ2v) is 6.54. The van der Waals surface area contributed by atoms with E-state index in [0.29, 0.717) is 6.61 Å². The molecule has 2 bridgehead atoms. The van der Waals surface area contributed by atoms with Crippen molar-refractivity contribution < 1.29 is 19.4 Å². The normalized spacial score (nSPS) is 42.6. The maximum atomic E-state index is 12.6. The van der Waals surface area contributed by atoms with Gasteiger partial charge in [0.1, 0.15) is 0 Å². The highest BCUT2D eigenvalue weighted by atomic mass is 16.5. The minimum absolute atomic E-state index is 0.0173. The number of carbonyl (C=O) groups is 2. The van der Waals surface area contributed by atoms with E-state index >= 15 is 0 Å². The molecule has 0 aromatic carbocycles. The molecule has 110 valence electrons. The predicted octanol–water partition coefficient (Wildman–Crippen LogP) is 1.19. The van der Waals surface area contributed by atoms with Crippen molar-refractivity contribution in [2.45, 2.75) is 31.7 Å². The van der Waals surface area contributed by atoms with E-state index in [-0.39, 0.29) is 23.3 Å². The molecule has 2 fully saturated rings. The lowest BCUT2D eigenvalue weighted by Gasteiger charge is -2.36. The van der Waals surface area contributed by atoms with Gasteiger partial charge in [-0.25, -0.2) is 0 Å². The molecular weight excluding hydrogens is 258 g/mol. The Bertz CT molecular complexity index is 453. The van der Waals surface area contributed by atoms with Gasteiger partial charge in [-0.15, -0.1) is 0 Å². The summed E-state index contributed by atoms with van der Waals surface area (Å²) in [5.74, 6) is -1.88. The number of nitrogens with one attached hydrogen (secondary N) is 1. The van der Waals surface area contributed by atoms with Gasteiger partial charge in [-0.3, -0.25) is 9.59 Å². The van der Waals surface area contributed by atoms with Gasteiger partial charge in [-0.05, 0) is 38.0 Å². The Morgan fingerprint density at radius 1 is 1.30 bits per heavy atom. The molecule has 0 aromatic heterocycles. The summed E-state index contributed by atoms with van der Waals surface area (Å²) in [7, 11) is 0. The Labute approximate surface area is 118 Å². The van der Waals surface area contributed by atoms with E-state index in [1.54, 1.807) is 0 Å². The second-order valence-electron chi connectivity index (χ2n) is 6.54. The number of allylic oxidation sites excluding steroid dienone is 2. The van der Waals surface area contributed by atoms with Gasteiger partial charge in [0, 0.05) is 6.61 Å². The molecule has 1 heterocycles. The van der Waals surface area contributed by atoms with Crippen LogP contribution < -0.4 is 5.32 Å². The first-order chi connectivity index (χ1) is 9.50. The van der Waals surface area contributed by atoms with Gasteiger partial charge in [-0.2, -0.15) is 0 Å². The first-order valence-corrected chi connectivity index (χ1v) is 7.31. The number of hydrogen-bond acceptors (Lipinski definition) is 3. The highest BCUT2D eigenvalue weighted by Crippen LogP contribution is 2.48. The molecule has 5 atom stereocenters. The van der Waals surface area contributed by atoms with Gasteiger partial charge in [0.2, 0.25) is 5.91 Å². The zero-order valence-electron chi connectivity index (χ0n) is 11.7. The molecule has 1 saturated carbocycles. The zero-order chi connectivity index (χ0) is 14.3. The van der Waals surface area contributed by atoms with Crippen LogP contribution in [0.25, 0.3) is 0 Å². The molecule has 5 heteroatoms. The molecule has 0 radical (unpaired) electrons. The molecule has 2 N–H and O–H groups in total. The number of carbonyl (C=O) groups excluding carboxylic acids is 1. The van der Waals surface area contributed by atoms with Crippen molar-refractivity contribution in [1.82, 2.24) is 5.32 Å². The van der Waals surface area contributed by atoms with E-state index in [2.05, 4.69) is 5.32 Å². The van der Waals surface area contributed by atoms with Crippen LogP contribution in [0.1, 0.15) is 26.2 Å². The minimum atomic E-state index is -0.855. The lowest BCUT2D eigenvalue weighted by Crippen LogP contribution is -2.54. The monoisotopic (exact) mass is 279 g/mol. The molecule has 0 spiro atoms. The molecule has 2 aliphatic carbocycles. The fraction of sp³-hybridized carbons (Fsp3) is 0.733. The van der Waals surface area contributed by atoms with Crippen molar-refractivity contribution >= 4 is 11.9 Å². The summed E-state index contributed by atoms with van der Waals surface area (Å²) in [6.45, 7) is 3.22. The summed E-state index contributed by atoms with van der Waals surface area (Å²) in [6.07, 6.45) is 6.57. The summed E-state index contributed by atoms with van der Waals surface area (Å²) in [5.41, 5.74) is -0.357. The average Bonchev–Trinajstić information content (AvgIpc) is 2.98. The van der Waals surface area contributed by atoms with E-state index < -0.39 is 17.8 Å². The fourth-order valence-corrected chi connectivity index (χ4v) is 3.93. The number of aliphatic carboxylic acids is 1. The minimum Gasteiger partial charge on any atom is -0.481 e. The molecule has 1 amide bonds. The van der Waals surface area contributed by atoms with Crippen molar-refractivity contribution in [3.63, 3.8) is 0 Å². The molecule has 20 heavy (non-hydrogen) atoms. The fourth-order valence-electron chi connectivity index (χ4n) is 3.93. The van der Waals surface area contributed by atoms with Crippen molar-refractivity contribution in [1.29, 1.82) is 0 Å². The Balaban J connectivity index is 1.73. The van der Waals surface area contributed by atoms with E-state index in [1.807, 2.05) is 19.1 Å². The Morgan fingerprint density at radius 3 is 2.60 bits per heavy atom. The number of fused-ring (bicyclic) bond motifs is 2. The predicted molar refractivity (Wildman–Crippen MR) is 72.0 cm³/mol. The van der Waals surface area contributed by atoms with Crippen LogP contribution in [0.2, 0.25) is 0 Å². The number of carboxylic acid groups (broad SMARTS) is 1. The lowest BCUT2D eigenvalue weighted by molar-refractivity contribution is -0.148. The van der Waals surface area contributed by atoms with Crippen LogP contribution in [0, 0.1) is 23.7 Å². The Kier molecular flexibility index (Phi) is 3.32. The van der Waals surface area contributed by atoms with E-state index in [9.17, 15) is 14.7 Å². The molecule has 5 unspecified atom stereocenters. The summed E-state index contributed by atoms with van der Waals surface area (Å²) in [5, 5.41) is 12.4. The summed E-state index contributed by atoms with van der Waals surface area (Å²) < 4.78 is 5.44. The van der Waals surface area contributed by atoms with Crippen molar-refractivity contribution in [2.75, 3.05) is 13.2 Å². The quantitative estimate of drug-likeness (QED) is 0.761. The van der Waals surface area contributed by atoms with Gasteiger partial charge in [0.25, 0.3) is 0 Å². The van der Waals surface area contributed by atoms with Crippen LogP contribution in [0.15, 0.2) is 12.2 Å². The third kappa shape index (κ3) is 2.24. The Morgan fingerprint density at radius 2 is 2.00 bits per heavy atom. The van der Waals surface area contributed by atoms with Gasteiger partial charge in [0.15, 0.2) is 0 Å². The third-order valence-electron chi connectivity index (χ3n) is 4.91. The summed E-state index contributed by atoms with van der Waals surface area (Å²) in [4.78, 5) is 24.0. The maximum absolute atomic E-state index is 12.6. The number of carboxylic acids is 1. The van der Waals surface area contributed by atoms with Crippen LogP contribution in [0.5, 0.6) is 0 Å². The first kappa shape index (κ1) is 13.6. The molecule has 0 aromatic rings. The van der Waals surface area contributed by atoms with Crippen LogP contribution in [-0.2, 0) is 14.3 Å². The maximum Gasteiger partial charge on any atom is 0.307 e. The van der Waals surface area contributed by atoms with Crippen LogP contribution in [-0.4, -0.2) is 35.7 Å². The number of amides is 1. The van der Waals surface area contributed by atoms with E-state index in [0.717, 1.165) is 25.9 Å². The van der Waals surface area contributed by atoms with Gasteiger partial charge < -0.3 is 15.2 Å². The number of hydrogen-bond donors (Lipinski definition) is 2. The first-order valence-electron chi connectivity index (χ1n) is 7.31. The summed E-state index contributed by atoms with van der Waals surface area (Å²) >= 11 is 0. The highest BCUT2D eigenvalue weighted by Gasteiger charge is 2.52. The second kappa shape index (κ2) is 4.88. The van der Waals surface area contributed by atoms with Crippen molar-refractivity contribution in [3.05, 3.63) is 12.2 Å². The smallest absolute Gasteiger partial charge is 0.307 e.